The fraction of sp³-hybridized carbons (Fsp3) is 0.353. The van der Waals surface area contributed by atoms with E-state index in [1.165, 1.54) is 0 Å². The number of hydrogen-bond acceptors (Lipinski definition) is 4. The molecule has 7 nitrogen and oxygen atoms in total. The third kappa shape index (κ3) is 5.78. The van der Waals surface area contributed by atoms with Gasteiger partial charge in [0.1, 0.15) is 5.69 Å². The summed E-state index contributed by atoms with van der Waals surface area (Å²) in [6, 6.07) is 25.4. The molecule has 1 aromatic heterocycles. The van der Waals surface area contributed by atoms with E-state index in [-0.39, 0.29) is 30.4 Å². The number of amides is 2. The number of aliphatic hydroxyl groups is 1. The van der Waals surface area contributed by atoms with E-state index in [0.29, 0.717) is 31.8 Å². The van der Waals surface area contributed by atoms with E-state index in [1.54, 1.807) is 9.80 Å². The number of hydrogen-bond donors (Lipinski definition) is 1. The molecule has 0 aliphatic carbocycles. The van der Waals surface area contributed by atoms with Crippen LogP contribution >= 0.6 is 0 Å². The van der Waals surface area contributed by atoms with Gasteiger partial charge in [-0.2, -0.15) is 0 Å². The average Bonchev–Trinajstić information content (AvgIpc) is 3.28. The highest BCUT2D eigenvalue weighted by molar-refractivity contribution is 6.10. The molecule has 0 spiro atoms. The molecule has 3 aromatic carbocycles. The normalized spacial score (nSPS) is 18.4. The lowest BCUT2D eigenvalue weighted by atomic mass is 9.96. The molecule has 0 radical (unpaired) electrons. The van der Waals surface area contributed by atoms with E-state index in [2.05, 4.69) is 13.0 Å². The Morgan fingerprint density at radius 3 is 2.49 bits per heavy atom. The van der Waals surface area contributed by atoms with Crippen LogP contribution in [-0.2, 0) is 29.6 Å². The Morgan fingerprint density at radius 2 is 1.73 bits per heavy atom. The van der Waals surface area contributed by atoms with Crippen molar-refractivity contribution in [2.24, 2.45) is 13.0 Å². The predicted octanol–water partition coefficient (Wildman–Crippen LogP) is 4.90. The first kappa shape index (κ1) is 28.6. The number of rotatable bonds is 6. The van der Waals surface area contributed by atoms with Crippen LogP contribution in [0.5, 0.6) is 0 Å². The monoisotopic (exact) mass is 553 g/mol. The number of para-hydroxylation sites is 1. The molecule has 1 N–H and O–H groups in total. The molecule has 1 aliphatic rings. The van der Waals surface area contributed by atoms with E-state index < -0.39 is 6.04 Å². The summed E-state index contributed by atoms with van der Waals surface area (Å²) in [5, 5.41) is 11.2. The van der Waals surface area contributed by atoms with Crippen molar-refractivity contribution in [3.63, 3.8) is 0 Å². The van der Waals surface area contributed by atoms with Crippen molar-refractivity contribution in [2.45, 2.75) is 39.0 Å². The maximum atomic E-state index is 14.4. The maximum Gasteiger partial charge on any atom is 0.271 e. The van der Waals surface area contributed by atoms with Crippen molar-refractivity contribution >= 4 is 22.7 Å². The Hall–Kier alpha value is -3.94. The number of benzene rings is 3. The Bertz CT molecular complexity index is 1530. The number of ether oxygens (including phenoxy) is 1. The van der Waals surface area contributed by atoms with Crippen molar-refractivity contribution in [3.05, 3.63) is 95.7 Å². The van der Waals surface area contributed by atoms with Crippen LogP contribution < -0.4 is 0 Å². The summed E-state index contributed by atoms with van der Waals surface area (Å²) in [4.78, 5) is 31.1. The molecule has 0 fully saturated rings. The van der Waals surface area contributed by atoms with E-state index >= 15 is 0 Å². The number of fused-ring (bicyclic) bond motifs is 5. The molecule has 3 atom stereocenters. The number of carbonyl (C=O) groups excluding carboxylic acids is 2. The van der Waals surface area contributed by atoms with Crippen molar-refractivity contribution in [1.82, 2.24) is 14.4 Å². The zero-order valence-electron chi connectivity index (χ0n) is 24.3. The lowest BCUT2D eigenvalue weighted by Crippen LogP contribution is -2.48. The third-order valence-electron chi connectivity index (χ3n) is 8.30. The van der Waals surface area contributed by atoms with Gasteiger partial charge in [0.15, 0.2) is 0 Å². The van der Waals surface area contributed by atoms with Gasteiger partial charge >= 0.3 is 0 Å². The molecule has 4 aromatic rings. The topological polar surface area (TPSA) is 75.0 Å². The summed E-state index contributed by atoms with van der Waals surface area (Å²) < 4.78 is 8.58. The molecule has 0 bridgehead atoms. The first-order valence-corrected chi connectivity index (χ1v) is 14.3. The van der Waals surface area contributed by atoms with E-state index in [0.717, 1.165) is 33.2 Å². The minimum Gasteiger partial charge on any atom is -0.394 e. The van der Waals surface area contributed by atoms with Gasteiger partial charge in [0.05, 0.1) is 31.8 Å². The average molecular weight is 554 g/mol. The summed E-state index contributed by atoms with van der Waals surface area (Å²) in [5.41, 5.74) is 5.35. The summed E-state index contributed by atoms with van der Waals surface area (Å²) in [6.45, 7) is 4.87. The van der Waals surface area contributed by atoms with Gasteiger partial charge in [-0.25, -0.2) is 0 Å². The van der Waals surface area contributed by atoms with Gasteiger partial charge in [0, 0.05) is 49.6 Å². The highest BCUT2D eigenvalue weighted by atomic mass is 16.5. The molecule has 41 heavy (non-hydrogen) atoms. The van der Waals surface area contributed by atoms with Crippen molar-refractivity contribution in [1.29, 1.82) is 0 Å². The van der Waals surface area contributed by atoms with Crippen LogP contribution in [0.4, 0.5) is 0 Å². The minimum absolute atomic E-state index is 0.0113. The number of aromatic nitrogens is 1. The fourth-order valence-corrected chi connectivity index (χ4v) is 5.80. The van der Waals surface area contributed by atoms with Crippen LogP contribution in [-0.4, -0.2) is 70.2 Å². The highest BCUT2D eigenvalue weighted by Gasteiger charge is 2.33. The second-order valence-electron chi connectivity index (χ2n) is 11.2. The Labute approximate surface area is 242 Å². The predicted molar refractivity (Wildman–Crippen MR) is 161 cm³/mol. The maximum absolute atomic E-state index is 14.4. The Kier molecular flexibility index (Phi) is 8.57. The molecule has 0 unspecified atom stereocenters. The summed E-state index contributed by atoms with van der Waals surface area (Å²) in [5.74, 6) is -0.225. The molecule has 0 saturated carbocycles. The van der Waals surface area contributed by atoms with Crippen LogP contribution in [0.1, 0.15) is 35.5 Å². The van der Waals surface area contributed by atoms with Gasteiger partial charge in [-0.15, -0.1) is 0 Å². The molecule has 214 valence electrons. The van der Waals surface area contributed by atoms with Crippen LogP contribution in [0, 0.1) is 5.92 Å². The standard InChI is InChI=1S/C34H39N3O4/c1-23-19-37(24(2)21-38)34(40)33-32(28-16-10-11-17-29(28)36(33)4)27-15-9-8-14-26(27)22-41-30(23)20-35(3)31(39)18-25-12-6-5-7-13-25/h5-17,23-24,30,38H,18-22H2,1-4H3/t23-,24-,30-/m1/s1. The van der Waals surface area contributed by atoms with Gasteiger partial charge in [0.25, 0.3) is 5.91 Å². The molecular formula is C34H39N3O4. The molecule has 2 heterocycles. The zero-order valence-corrected chi connectivity index (χ0v) is 24.3. The van der Waals surface area contributed by atoms with Crippen LogP contribution in [0.15, 0.2) is 78.9 Å². The van der Waals surface area contributed by atoms with Gasteiger partial charge in [-0.1, -0.05) is 79.7 Å². The van der Waals surface area contributed by atoms with Crippen LogP contribution in [0.25, 0.3) is 22.0 Å². The van der Waals surface area contributed by atoms with Gasteiger partial charge in [0.2, 0.25) is 5.91 Å². The fourth-order valence-electron chi connectivity index (χ4n) is 5.80. The van der Waals surface area contributed by atoms with E-state index in [4.69, 9.17) is 4.74 Å². The van der Waals surface area contributed by atoms with Crippen LogP contribution in [0.3, 0.4) is 0 Å². The number of aryl methyl sites for hydroxylation is 1. The Morgan fingerprint density at radius 1 is 1.05 bits per heavy atom. The van der Waals surface area contributed by atoms with Gasteiger partial charge < -0.3 is 24.2 Å². The SMILES string of the molecule is C[C@@H]1CN([C@H](C)CO)C(=O)c2c(c3ccccc3n2C)-c2ccccc2CO[C@@H]1CN(C)C(=O)Cc1ccccc1. The lowest BCUT2D eigenvalue weighted by molar-refractivity contribution is -0.132. The summed E-state index contributed by atoms with van der Waals surface area (Å²) >= 11 is 0. The molecule has 2 amide bonds. The lowest BCUT2D eigenvalue weighted by Gasteiger charge is -2.35. The smallest absolute Gasteiger partial charge is 0.271 e. The number of likely N-dealkylation sites (N-methyl/N-ethyl adjacent to an activating group) is 1. The van der Waals surface area contributed by atoms with E-state index in [1.807, 2.05) is 98.4 Å². The molecule has 0 saturated heterocycles. The zero-order chi connectivity index (χ0) is 29.1. The van der Waals surface area contributed by atoms with Crippen molar-refractivity contribution < 1.29 is 19.4 Å². The van der Waals surface area contributed by atoms with Crippen molar-refractivity contribution in [3.8, 4) is 11.1 Å². The van der Waals surface area contributed by atoms with Gasteiger partial charge in [-0.05, 0) is 29.7 Å². The largest absolute Gasteiger partial charge is 0.394 e. The van der Waals surface area contributed by atoms with Crippen LogP contribution in [0.2, 0.25) is 0 Å². The summed E-state index contributed by atoms with van der Waals surface area (Å²) in [7, 11) is 3.74. The molecule has 7 heteroatoms. The van der Waals surface area contributed by atoms with E-state index in [9.17, 15) is 14.7 Å². The van der Waals surface area contributed by atoms with Gasteiger partial charge in [-0.3, -0.25) is 9.59 Å². The third-order valence-corrected chi connectivity index (χ3v) is 8.30. The highest BCUT2D eigenvalue weighted by Crippen LogP contribution is 2.38. The first-order chi connectivity index (χ1) is 19.8. The number of aliphatic hydroxyl groups excluding tert-OH is 1. The quantitative estimate of drug-likeness (QED) is 0.369. The Balaban J connectivity index is 1.55. The molecule has 1 aliphatic heterocycles. The van der Waals surface area contributed by atoms with Crippen molar-refractivity contribution in [2.75, 3.05) is 26.7 Å². The molecule has 5 rings (SSSR count). The minimum atomic E-state index is -0.398. The number of nitrogens with zero attached hydrogens (tertiary/aromatic N) is 3. The second-order valence-corrected chi connectivity index (χ2v) is 11.2. The molecular weight excluding hydrogens is 514 g/mol. The first-order valence-electron chi connectivity index (χ1n) is 14.3. The second kappa shape index (κ2) is 12.3. The number of carbonyl (C=O) groups is 2. The summed E-state index contributed by atoms with van der Waals surface area (Å²) in [6.07, 6.45) is -0.0116.